The molecule has 120 valence electrons. The van der Waals surface area contributed by atoms with E-state index in [0.29, 0.717) is 16.9 Å². The summed E-state index contributed by atoms with van der Waals surface area (Å²) in [7, 11) is 1.51. The van der Waals surface area contributed by atoms with Gasteiger partial charge in [-0.1, -0.05) is 11.3 Å². The minimum Gasteiger partial charge on any atom is -0.399 e. The molecule has 0 spiro atoms. The van der Waals surface area contributed by atoms with Gasteiger partial charge in [-0.15, -0.1) is 0 Å². The molecule has 24 heavy (non-hydrogen) atoms. The summed E-state index contributed by atoms with van der Waals surface area (Å²) in [5.41, 5.74) is 8.64. The van der Waals surface area contributed by atoms with Crippen LogP contribution < -0.4 is 11.1 Å². The van der Waals surface area contributed by atoms with Crippen LogP contribution in [0.3, 0.4) is 0 Å². The van der Waals surface area contributed by atoms with E-state index in [-0.39, 0.29) is 11.5 Å². The molecular formula is C17H13FN4OS. The molecule has 0 bridgehead atoms. The van der Waals surface area contributed by atoms with E-state index >= 15 is 0 Å². The number of imidazole rings is 1. The SMILES string of the molecule is CNC(=O)c1ccc(-c2cn3c(n2)sc2cc(N)ccc23)c(F)c1. The van der Waals surface area contributed by atoms with Gasteiger partial charge in [-0.05, 0) is 36.4 Å². The Morgan fingerprint density at radius 3 is 2.88 bits per heavy atom. The van der Waals surface area contributed by atoms with Gasteiger partial charge >= 0.3 is 0 Å². The lowest BCUT2D eigenvalue weighted by molar-refractivity contribution is 0.0962. The molecular weight excluding hydrogens is 327 g/mol. The molecule has 0 unspecified atom stereocenters. The van der Waals surface area contributed by atoms with Crippen molar-refractivity contribution in [1.29, 1.82) is 0 Å². The highest BCUT2D eigenvalue weighted by atomic mass is 32.1. The highest BCUT2D eigenvalue weighted by Crippen LogP contribution is 2.31. The zero-order valence-electron chi connectivity index (χ0n) is 12.7. The molecule has 0 saturated heterocycles. The van der Waals surface area contributed by atoms with Crippen molar-refractivity contribution in [2.24, 2.45) is 0 Å². The Balaban J connectivity index is 1.83. The molecule has 0 fully saturated rings. The van der Waals surface area contributed by atoms with E-state index in [4.69, 9.17) is 5.73 Å². The molecule has 0 radical (unpaired) electrons. The number of rotatable bonds is 2. The normalized spacial score (nSPS) is 11.2. The zero-order chi connectivity index (χ0) is 16.8. The summed E-state index contributed by atoms with van der Waals surface area (Å²) in [5, 5.41) is 2.48. The maximum absolute atomic E-state index is 14.4. The van der Waals surface area contributed by atoms with Crippen molar-refractivity contribution in [2.45, 2.75) is 0 Å². The monoisotopic (exact) mass is 340 g/mol. The van der Waals surface area contributed by atoms with Gasteiger partial charge in [0.2, 0.25) is 0 Å². The van der Waals surface area contributed by atoms with E-state index in [0.717, 1.165) is 15.2 Å². The fraction of sp³-hybridized carbons (Fsp3) is 0.0588. The third-order valence-electron chi connectivity index (χ3n) is 3.85. The van der Waals surface area contributed by atoms with Crippen molar-refractivity contribution in [3.63, 3.8) is 0 Å². The Bertz CT molecular complexity index is 1100. The molecule has 1 amide bonds. The van der Waals surface area contributed by atoms with E-state index in [9.17, 15) is 9.18 Å². The first-order valence-corrected chi connectivity index (χ1v) is 8.07. The lowest BCUT2D eigenvalue weighted by Crippen LogP contribution is -2.17. The van der Waals surface area contributed by atoms with Gasteiger partial charge in [-0.3, -0.25) is 9.20 Å². The predicted octanol–water partition coefficient (Wildman–Crippen LogP) is 3.30. The maximum Gasteiger partial charge on any atom is 0.251 e. The van der Waals surface area contributed by atoms with Crippen LogP contribution in [-0.2, 0) is 0 Å². The number of thiazole rings is 1. The number of hydrogen-bond donors (Lipinski definition) is 2. The molecule has 0 atom stereocenters. The quantitative estimate of drug-likeness (QED) is 0.550. The number of fused-ring (bicyclic) bond motifs is 3. The molecule has 7 heteroatoms. The van der Waals surface area contributed by atoms with Gasteiger partial charge < -0.3 is 11.1 Å². The van der Waals surface area contributed by atoms with Crippen LogP contribution in [0.15, 0.2) is 42.6 Å². The average molecular weight is 340 g/mol. The van der Waals surface area contributed by atoms with Crippen LogP contribution in [0.5, 0.6) is 0 Å². The number of hydrogen-bond acceptors (Lipinski definition) is 4. The molecule has 4 rings (SSSR count). The summed E-state index contributed by atoms with van der Waals surface area (Å²) in [6.45, 7) is 0. The van der Waals surface area contributed by atoms with Gasteiger partial charge in [0, 0.05) is 30.1 Å². The van der Waals surface area contributed by atoms with Crippen molar-refractivity contribution in [3.05, 3.63) is 54.0 Å². The number of nitrogens with zero attached hydrogens (tertiary/aromatic N) is 2. The topological polar surface area (TPSA) is 72.4 Å². The van der Waals surface area contributed by atoms with Gasteiger partial charge in [0.1, 0.15) is 5.82 Å². The second-order valence-corrected chi connectivity index (χ2v) is 6.39. The summed E-state index contributed by atoms with van der Waals surface area (Å²) >= 11 is 1.49. The largest absolute Gasteiger partial charge is 0.399 e. The van der Waals surface area contributed by atoms with E-state index in [1.807, 2.05) is 22.6 Å². The molecule has 2 aromatic carbocycles. The number of aromatic nitrogens is 2. The van der Waals surface area contributed by atoms with E-state index in [1.54, 1.807) is 18.3 Å². The Hall–Kier alpha value is -2.93. The number of nitrogen functional groups attached to an aromatic ring is 1. The number of nitrogens with one attached hydrogen (secondary N) is 1. The minimum absolute atomic E-state index is 0.278. The molecule has 0 aliphatic rings. The smallest absolute Gasteiger partial charge is 0.251 e. The summed E-state index contributed by atoms with van der Waals surface area (Å²) in [6.07, 6.45) is 1.79. The maximum atomic E-state index is 14.4. The summed E-state index contributed by atoms with van der Waals surface area (Å²) in [4.78, 5) is 16.9. The van der Waals surface area contributed by atoms with Crippen LogP contribution in [-0.4, -0.2) is 22.3 Å². The molecule has 5 nitrogen and oxygen atoms in total. The van der Waals surface area contributed by atoms with Crippen LogP contribution in [0.4, 0.5) is 10.1 Å². The molecule has 2 aromatic heterocycles. The highest BCUT2D eigenvalue weighted by Gasteiger charge is 2.15. The van der Waals surface area contributed by atoms with Gasteiger partial charge in [0.15, 0.2) is 4.96 Å². The Morgan fingerprint density at radius 1 is 1.29 bits per heavy atom. The van der Waals surface area contributed by atoms with Crippen LogP contribution in [0.2, 0.25) is 0 Å². The number of halogens is 1. The fourth-order valence-corrected chi connectivity index (χ4v) is 3.71. The molecule has 0 aliphatic heterocycles. The van der Waals surface area contributed by atoms with Gasteiger partial charge in [-0.25, -0.2) is 9.37 Å². The fourth-order valence-electron chi connectivity index (χ4n) is 2.66. The first kappa shape index (κ1) is 14.6. The van der Waals surface area contributed by atoms with Crippen LogP contribution in [0, 0.1) is 5.82 Å². The molecule has 4 aromatic rings. The van der Waals surface area contributed by atoms with Gasteiger partial charge in [0.05, 0.1) is 15.9 Å². The van der Waals surface area contributed by atoms with Crippen molar-refractivity contribution in [3.8, 4) is 11.3 Å². The minimum atomic E-state index is -0.476. The van der Waals surface area contributed by atoms with E-state index in [1.165, 1.54) is 24.5 Å². The second-order valence-electron chi connectivity index (χ2n) is 5.38. The first-order valence-electron chi connectivity index (χ1n) is 7.26. The summed E-state index contributed by atoms with van der Waals surface area (Å²) < 4.78 is 17.3. The molecule has 3 N–H and O–H groups in total. The van der Waals surface area contributed by atoms with Crippen molar-refractivity contribution in [2.75, 3.05) is 12.8 Å². The Morgan fingerprint density at radius 2 is 2.12 bits per heavy atom. The third-order valence-corrected chi connectivity index (χ3v) is 4.87. The first-order chi connectivity index (χ1) is 11.6. The number of nitrogens with two attached hydrogens (primary N) is 1. The van der Waals surface area contributed by atoms with Crippen LogP contribution >= 0.6 is 11.3 Å². The highest BCUT2D eigenvalue weighted by molar-refractivity contribution is 7.23. The lowest BCUT2D eigenvalue weighted by Gasteiger charge is -2.03. The number of carbonyl (C=O) groups excluding carboxylic acids is 1. The van der Waals surface area contributed by atoms with Crippen molar-refractivity contribution < 1.29 is 9.18 Å². The van der Waals surface area contributed by atoms with Crippen molar-refractivity contribution >= 4 is 38.1 Å². The van der Waals surface area contributed by atoms with E-state index in [2.05, 4.69) is 10.3 Å². The summed E-state index contributed by atoms with van der Waals surface area (Å²) in [6, 6.07) is 10.0. The number of anilines is 1. The number of amides is 1. The third kappa shape index (κ3) is 2.21. The van der Waals surface area contributed by atoms with E-state index < -0.39 is 5.82 Å². The average Bonchev–Trinajstić information content (AvgIpc) is 3.10. The van der Waals surface area contributed by atoms with Crippen LogP contribution in [0.1, 0.15) is 10.4 Å². The summed E-state index contributed by atoms with van der Waals surface area (Å²) in [5.74, 6) is -0.801. The predicted molar refractivity (Wildman–Crippen MR) is 93.8 cm³/mol. The van der Waals surface area contributed by atoms with Gasteiger partial charge in [0.25, 0.3) is 5.91 Å². The zero-order valence-corrected chi connectivity index (χ0v) is 13.5. The molecule has 0 aliphatic carbocycles. The Labute approximate surface area is 140 Å². The number of benzene rings is 2. The molecule has 0 saturated carbocycles. The van der Waals surface area contributed by atoms with Crippen molar-refractivity contribution in [1.82, 2.24) is 14.7 Å². The molecule has 2 heterocycles. The standard InChI is InChI=1S/C17H13FN4OS/c1-20-16(23)9-2-4-11(12(18)6-9)13-8-22-14-5-3-10(19)7-15(14)24-17(22)21-13/h2-8H,19H2,1H3,(H,20,23). The van der Waals surface area contributed by atoms with Gasteiger partial charge in [-0.2, -0.15) is 0 Å². The van der Waals surface area contributed by atoms with Crippen LogP contribution in [0.25, 0.3) is 26.4 Å². The lowest BCUT2D eigenvalue weighted by atomic mass is 10.1. The number of carbonyl (C=O) groups is 1. The Kier molecular flexibility index (Phi) is 3.24. The second kappa shape index (κ2) is 5.31.